The van der Waals surface area contributed by atoms with Crippen molar-refractivity contribution in [1.82, 2.24) is 4.90 Å². The summed E-state index contributed by atoms with van der Waals surface area (Å²) in [6.45, 7) is 15.2. The average Bonchev–Trinajstić information content (AvgIpc) is 2.45. The van der Waals surface area contributed by atoms with Crippen molar-refractivity contribution in [3.63, 3.8) is 0 Å². The highest BCUT2D eigenvalue weighted by atomic mass is 16.3. The number of carbonyl (C=O) groups is 1. The van der Waals surface area contributed by atoms with Crippen LogP contribution in [0.5, 0.6) is 0 Å². The van der Waals surface area contributed by atoms with Gasteiger partial charge in [0.05, 0.1) is 12.6 Å². The van der Waals surface area contributed by atoms with Crippen molar-refractivity contribution in [2.45, 2.75) is 72.4 Å². The maximum Gasteiger partial charge on any atom is 0.238 e. The molecule has 0 aromatic heterocycles. The van der Waals surface area contributed by atoms with Gasteiger partial charge in [-0.1, -0.05) is 45.9 Å². The lowest BCUT2D eigenvalue weighted by molar-refractivity contribution is -0.118. The van der Waals surface area contributed by atoms with E-state index in [-0.39, 0.29) is 18.5 Å². The van der Waals surface area contributed by atoms with Gasteiger partial charge in [-0.2, -0.15) is 0 Å². The lowest BCUT2D eigenvalue weighted by Crippen LogP contribution is -2.42. The van der Waals surface area contributed by atoms with E-state index in [0.717, 1.165) is 5.69 Å². The summed E-state index contributed by atoms with van der Waals surface area (Å²) in [5.41, 5.74) is 3.29. The molecule has 0 aliphatic heterocycles. The van der Waals surface area contributed by atoms with Crippen molar-refractivity contribution < 1.29 is 9.90 Å². The molecule has 0 saturated carbocycles. The number of aliphatic hydroxyl groups excluding tert-OH is 1. The first-order valence-electron chi connectivity index (χ1n) is 8.98. The summed E-state index contributed by atoms with van der Waals surface area (Å²) < 4.78 is 0. The first-order valence-corrected chi connectivity index (χ1v) is 8.98. The standard InChI is InChI=1S/C20H34N2O2/c1-13(2)17-9-8-10-18(14(3)4)20(17)21-19(24)12-22(15(5)6)11-16(7)23/h8-10,13-16,23H,11-12H2,1-7H3,(H,21,24). The molecule has 0 aliphatic rings. The molecule has 0 bridgehead atoms. The number of carbonyl (C=O) groups excluding carboxylic acids is 1. The van der Waals surface area contributed by atoms with E-state index < -0.39 is 6.10 Å². The summed E-state index contributed by atoms with van der Waals surface area (Å²) in [6.07, 6.45) is -0.450. The van der Waals surface area contributed by atoms with Crippen LogP contribution >= 0.6 is 0 Å². The van der Waals surface area contributed by atoms with Crippen molar-refractivity contribution in [3.05, 3.63) is 29.3 Å². The Morgan fingerprint density at radius 1 is 1.04 bits per heavy atom. The molecule has 1 aromatic carbocycles. The fraction of sp³-hybridized carbons (Fsp3) is 0.650. The van der Waals surface area contributed by atoms with E-state index in [1.54, 1.807) is 6.92 Å². The van der Waals surface area contributed by atoms with E-state index in [2.05, 4.69) is 51.2 Å². The van der Waals surface area contributed by atoms with Crippen LogP contribution in [0.4, 0.5) is 5.69 Å². The number of para-hydroxylation sites is 1. The zero-order valence-corrected chi connectivity index (χ0v) is 16.3. The second-order valence-electron chi connectivity index (χ2n) is 7.54. The van der Waals surface area contributed by atoms with E-state index in [9.17, 15) is 9.90 Å². The van der Waals surface area contributed by atoms with Crippen LogP contribution in [0.15, 0.2) is 18.2 Å². The normalized spacial score (nSPS) is 13.2. The van der Waals surface area contributed by atoms with E-state index in [1.807, 2.05) is 18.7 Å². The third kappa shape index (κ3) is 5.91. The van der Waals surface area contributed by atoms with Gasteiger partial charge in [-0.05, 0) is 43.7 Å². The second-order valence-corrected chi connectivity index (χ2v) is 7.54. The third-order valence-corrected chi connectivity index (χ3v) is 4.21. The third-order valence-electron chi connectivity index (χ3n) is 4.21. The van der Waals surface area contributed by atoms with Crippen molar-refractivity contribution in [2.75, 3.05) is 18.4 Å². The molecule has 136 valence electrons. The van der Waals surface area contributed by atoms with Gasteiger partial charge in [-0.25, -0.2) is 0 Å². The molecule has 1 unspecified atom stereocenters. The van der Waals surface area contributed by atoms with E-state index in [1.165, 1.54) is 11.1 Å². The lowest BCUT2D eigenvalue weighted by Gasteiger charge is -2.28. The van der Waals surface area contributed by atoms with Crippen LogP contribution < -0.4 is 5.32 Å². The minimum Gasteiger partial charge on any atom is -0.392 e. The first kappa shape index (κ1) is 20.7. The number of hydrogen-bond donors (Lipinski definition) is 2. The molecule has 1 rings (SSSR count). The largest absolute Gasteiger partial charge is 0.392 e. The average molecular weight is 335 g/mol. The SMILES string of the molecule is CC(O)CN(CC(=O)Nc1c(C(C)C)cccc1C(C)C)C(C)C. The maximum absolute atomic E-state index is 12.6. The minimum absolute atomic E-state index is 0.0284. The van der Waals surface area contributed by atoms with Crippen LogP contribution in [0.1, 0.15) is 71.4 Å². The monoisotopic (exact) mass is 334 g/mol. The fourth-order valence-electron chi connectivity index (χ4n) is 2.86. The number of aliphatic hydroxyl groups is 1. The van der Waals surface area contributed by atoms with Gasteiger partial charge >= 0.3 is 0 Å². The van der Waals surface area contributed by atoms with Gasteiger partial charge in [0.25, 0.3) is 0 Å². The number of hydrogen-bond acceptors (Lipinski definition) is 3. The van der Waals surface area contributed by atoms with Gasteiger partial charge < -0.3 is 10.4 Å². The molecule has 0 radical (unpaired) electrons. The van der Waals surface area contributed by atoms with E-state index >= 15 is 0 Å². The fourth-order valence-corrected chi connectivity index (χ4v) is 2.86. The van der Waals surface area contributed by atoms with Gasteiger partial charge in [-0.15, -0.1) is 0 Å². The van der Waals surface area contributed by atoms with Crippen LogP contribution in [0, 0.1) is 0 Å². The Balaban J connectivity index is 3.00. The molecule has 2 N–H and O–H groups in total. The molecule has 0 saturated heterocycles. The molecular formula is C20H34N2O2. The number of benzene rings is 1. The Bertz CT molecular complexity index is 510. The van der Waals surface area contributed by atoms with Crippen molar-refractivity contribution in [2.24, 2.45) is 0 Å². The molecule has 4 nitrogen and oxygen atoms in total. The van der Waals surface area contributed by atoms with Crippen molar-refractivity contribution in [1.29, 1.82) is 0 Å². The summed E-state index contributed by atoms with van der Waals surface area (Å²) in [6, 6.07) is 6.44. The smallest absolute Gasteiger partial charge is 0.238 e. The van der Waals surface area contributed by atoms with E-state index in [4.69, 9.17) is 0 Å². The highest BCUT2D eigenvalue weighted by Gasteiger charge is 2.19. The van der Waals surface area contributed by atoms with Crippen LogP contribution in [0.3, 0.4) is 0 Å². The number of nitrogens with one attached hydrogen (secondary N) is 1. The molecule has 24 heavy (non-hydrogen) atoms. The summed E-state index contributed by atoms with van der Waals surface area (Å²) >= 11 is 0. The molecule has 1 aromatic rings. The molecule has 1 atom stereocenters. The van der Waals surface area contributed by atoms with Gasteiger partial charge in [-0.3, -0.25) is 9.69 Å². The van der Waals surface area contributed by atoms with Crippen LogP contribution in [-0.2, 0) is 4.79 Å². The number of anilines is 1. The predicted molar refractivity (Wildman–Crippen MR) is 102 cm³/mol. The zero-order valence-electron chi connectivity index (χ0n) is 16.3. The quantitative estimate of drug-likeness (QED) is 0.756. The van der Waals surface area contributed by atoms with Crippen LogP contribution in [0.2, 0.25) is 0 Å². The lowest BCUT2D eigenvalue weighted by atomic mass is 9.92. The van der Waals surface area contributed by atoms with E-state index in [0.29, 0.717) is 18.4 Å². The molecule has 0 heterocycles. The first-order chi connectivity index (χ1) is 11.1. The zero-order chi connectivity index (χ0) is 18.4. The van der Waals surface area contributed by atoms with Crippen molar-refractivity contribution >= 4 is 11.6 Å². The van der Waals surface area contributed by atoms with Crippen LogP contribution in [0.25, 0.3) is 0 Å². The summed E-state index contributed by atoms with van der Waals surface area (Å²) in [5, 5.41) is 12.8. The molecule has 0 fully saturated rings. The summed E-state index contributed by atoms with van der Waals surface area (Å²) in [4.78, 5) is 14.6. The minimum atomic E-state index is -0.450. The molecule has 0 aliphatic carbocycles. The van der Waals surface area contributed by atoms with Gasteiger partial charge in [0, 0.05) is 18.3 Å². The number of nitrogens with zero attached hydrogens (tertiary/aromatic N) is 1. The maximum atomic E-state index is 12.6. The Labute approximate surface area is 147 Å². The predicted octanol–water partition coefficient (Wildman–Crippen LogP) is 3.96. The molecule has 4 heteroatoms. The van der Waals surface area contributed by atoms with Gasteiger partial charge in [0.1, 0.15) is 0 Å². The van der Waals surface area contributed by atoms with Gasteiger partial charge in [0.15, 0.2) is 0 Å². The summed E-state index contributed by atoms with van der Waals surface area (Å²) in [5.74, 6) is 0.662. The molecular weight excluding hydrogens is 300 g/mol. The Morgan fingerprint density at radius 2 is 1.54 bits per heavy atom. The second kappa shape index (κ2) is 9.19. The number of amides is 1. The Kier molecular flexibility index (Phi) is 7.91. The molecule has 1 amide bonds. The Hall–Kier alpha value is -1.39. The number of rotatable bonds is 8. The highest BCUT2D eigenvalue weighted by molar-refractivity contribution is 5.94. The molecule has 0 spiro atoms. The highest BCUT2D eigenvalue weighted by Crippen LogP contribution is 2.32. The van der Waals surface area contributed by atoms with Crippen LogP contribution in [-0.4, -0.2) is 41.1 Å². The topological polar surface area (TPSA) is 52.6 Å². The Morgan fingerprint density at radius 3 is 1.92 bits per heavy atom. The summed E-state index contributed by atoms with van der Waals surface area (Å²) in [7, 11) is 0. The van der Waals surface area contributed by atoms with Crippen molar-refractivity contribution in [3.8, 4) is 0 Å². The van der Waals surface area contributed by atoms with Gasteiger partial charge in [0.2, 0.25) is 5.91 Å².